The van der Waals surface area contributed by atoms with E-state index in [9.17, 15) is 0 Å². The summed E-state index contributed by atoms with van der Waals surface area (Å²) in [6.07, 6.45) is 9.32. The Hall–Kier alpha value is -0.930. The summed E-state index contributed by atoms with van der Waals surface area (Å²) >= 11 is 0. The molecule has 1 saturated carbocycles. The fourth-order valence-corrected chi connectivity index (χ4v) is 3.68. The molecule has 0 radical (unpaired) electrons. The second kappa shape index (κ2) is 4.88. The van der Waals surface area contributed by atoms with E-state index in [0.29, 0.717) is 5.54 Å². The third-order valence-corrected chi connectivity index (χ3v) is 4.78. The maximum Gasteiger partial charge on any atom is 0.0338 e. The molecule has 0 unspecified atom stereocenters. The molecule has 3 heteroatoms. The zero-order valence-electron chi connectivity index (χ0n) is 12.2. The first-order valence-corrected chi connectivity index (χ1v) is 7.49. The van der Waals surface area contributed by atoms with Gasteiger partial charge >= 0.3 is 0 Å². The lowest BCUT2D eigenvalue weighted by molar-refractivity contribution is 0.0121. The summed E-state index contributed by atoms with van der Waals surface area (Å²) in [5, 5.41) is 3.75. The second-order valence-electron chi connectivity index (χ2n) is 6.89. The minimum absolute atomic E-state index is 0.218. The SMILES string of the molecule is CC1(C)CN(Cc2cccnc2)C2(CCCC2)CN1. The molecule has 1 N–H and O–H groups in total. The Morgan fingerprint density at radius 1 is 1.32 bits per heavy atom. The predicted molar refractivity (Wildman–Crippen MR) is 77.9 cm³/mol. The van der Waals surface area contributed by atoms with Crippen LogP contribution in [0.3, 0.4) is 0 Å². The van der Waals surface area contributed by atoms with Gasteiger partial charge in [-0.1, -0.05) is 18.9 Å². The summed E-state index contributed by atoms with van der Waals surface area (Å²) < 4.78 is 0. The van der Waals surface area contributed by atoms with Crippen LogP contribution in [0.15, 0.2) is 24.5 Å². The monoisotopic (exact) mass is 259 g/mol. The van der Waals surface area contributed by atoms with E-state index in [-0.39, 0.29) is 5.54 Å². The van der Waals surface area contributed by atoms with E-state index in [1.54, 1.807) is 0 Å². The van der Waals surface area contributed by atoms with Gasteiger partial charge in [0.05, 0.1) is 0 Å². The largest absolute Gasteiger partial charge is 0.309 e. The van der Waals surface area contributed by atoms with Crippen molar-refractivity contribution in [1.29, 1.82) is 0 Å². The molecule has 1 spiro atoms. The van der Waals surface area contributed by atoms with Gasteiger partial charge in [0, 0.05) is 43.1 Å². The minimum atomic E-state index is 0.218. The van der Waals surface area contributed by atoms with Gasteiger partial charge in [0.1, 0.15) is 0 Å². The molecule has 0 aromatic carbocycles. The Bertz CT molecular complexity index is 421. The lowest BCUT2D eigenvalue weighted by atomic mass is 9.86. The minimum Gasteiger partial charge on any atom is -0.309 e. The topological polar surface area (TPSA) is 28.2 Å². The quantitative estimate of drug-likeness (QED) is 0.885. The number of nitrogens with one attached hydrogen (secondary N) is 1. The van der Waals surface area contributed by atoms with E-state index in [1.165, 1.54) is 31.2 Å². The molecule has 19 heavy (non-hydrogen) atoms. The molecule has 1 saturated heterocycles. The van der Waals surface area contributed by atoms with Crippen molar-refractivity contribution in [3.8, 4) is 0 Å². The summed E-state index contributed by atoms with van der Waals surface area (Å²) in [6.45, 7) is 7.93. The standard InChI is InChI=1S/C16H25N3/c1-15(2)13-19(11-14-6-5-9-17-10-14)16(12-18-15)7-3-4-8-16/h5-6,9-10,18H,3-4,7-8,11-13H2,1-2H3. The molecule has 3 rings (SSSR count). The Balaban J connectivity index is 1.81. The Morgan fingerprint density at radius 3 is 2.79 bits per heavy atom. The first-order valence-electron chi connectivity index (χ1n) is 7.49. The highest BCUT2D eigenvalue weighted by molar-refractivity contribution is 5.12. The fraction of sp³-hybridized carbons (Fsp3) is 0.688. The molecule has 1 aromatic heterocycles. The van der Waals surface area contributed by atoms with Gasteiger partial charge < -0.3 is 5.32 Å². The van der Waals surface area contributed by atoms with E-state index in [0.717, 1.165) is 19.6 Å². The summed E-state index contributed by atoms with van der Waals surface area (Å²) in [6, 6.07) is 4.24. The van der Waals surface area contributed by atoms with Gasteiger partial charge in [0.2, 0.25) is 0 Å². The summed E-state index contributed by atoms with van der Waals surface area (Å²) in [5.74, 6) is 0. The lowest BCUT2D eigenvalue weighted by Gasteiger charge is -2.51. The second-order valence-corrected chi connectivity index (χ2v) is 6.89. The number of hydrogen-bond acceptors (Lipinski definition) is 3. The molecule has 2 heterocycles. The van der Waals surface area contributed by atoms with Gasteiger partial charge in [-0.05, 0) is 38.3 Å². The number of aromatic nitrogens is 1. The summed E-state index contributed by atoms with van der Waals surface area (Å²) in [4.78, 5) is 6.98. The highest BCUT2D eigenvalue weighted by Gasteiger charge is 2.45. The maximum atomic E-state index is 4.26. The molecular formula is C16H25N3. The molecule has 2 fully saturated rings. The molecule has 0 atom stereocenters. The lowest BCUT2D eigenvalue weighted by Crippen LogP contribution is -2.66. The number of hydrogen-bond donors (Lipinski definition) is 1. The van der Waals surface area contributed by atoms with Crippen molar-refractivity contribution in [1.82, 2.24) is 15.2 Å². The average Bonchev–Trinajstić information content (AvgIpc) is 2.85. The van der Waals surface area contributed by atoms with Crippen LogP contribution in [-0.2, 0) is 6.54 Å². The van der Waals surface area contributed by atoms with Gasteiger partial charge in [-0.15, -0.1) is 0 Å². The van der Waals surface area contributed by atoms with E-state index in [2.05, 4.69) is 35.1 Å². The van der Waals surface area contributed by atoms with Crippen molar-refractivity contribution in [3.63, 3.8) is 0 Å². The van der Waals surface area contributed by atoms with Crippen molar-refractivity contribution in [3.05, 3.63) is 30.1 Å². The number of nitrogens with zero attached hydrogens (tertiary/aromatic N) is 2. The normalized spacial score (nSPS) is 25.8. The van der Waals surface area contributed by atoms with Crippen LogP contribution in [0.4, 0.5) is 0 Å². The van der Waals surface area contributed by atoms with Crippen molar-refractivity contribution < 1.29 is 0 Å². The van der Waals surface area contributed by atoms with Crippen molar-refractivity contribution >= 4 is 0 Å². The Kier molecular flexibility index (Phi) is 3.35. The van der Waals surface area contributed by atoms with Crippen LogP contribution < -0.4 is 5.32 Å². The molecule has 0 amide bonds. The Labute approximate surface area is 116 Å². The summed E-state index contributed by atoms with van der Waals surface area (Å²) in [7, 11) is 0. The van der Waals surface area contributed by atoms with E-state index < -0.39 is 0 Å². The van der Waals surface area contributed by atoms with Crippen LogP contribution in [0.1, 0.15) is 45.1 Å². The van der Waals surface area contributed by atoms with Crippen LogP contribution in [0.2, 0.25) is 0 Å². The average molecular weight is 259 g/mol. The van der Waals surface area contributed by atoms with Crippen LogP contribution in [0.25, 0.3) is 0 Å². The molecule has 3 nitrogen and oxygen atoms in total. The molecule has 2 aliphatic rings. The zero-order valence-corrected chi connectivity index (χ0v) is 12.2. The maximum absolute atomic E-state index is 4.26. The fourth-order valence-electron chi connectivity index (χ4n) is 3.68. The molecular weight excluding hydrogens is 234 g/mol. The first-order chi connectivity index (χ1) is 9.10. The predicted octanol–water partition coefficient (Wildman–Crippen LogP) is 2.58. The molecule has 1 aliphatic carbocycles. The number of pyridine rings is 1. The Morgan fingerprint density at radius 2 is 2.11 bits per heavy atom. The third-order valence-electron chi connectivity index (χ3n) is 4.78. The number of rotatable bonds is 2. The smallest absolute Gasteiger partial charge is 0.0338 e. The van der Waals surface area contributed by atoms with Crippen molar-refractivity contribution in [2.24, 2.45) is 0 Å². The van der Waals surface area contributed by atoms with Crippen LogP contribution >= 0.6 is 0 Å². The van der Waals surface area contributed by atoms with Crippen molar-refractivity contribution in [2.75, 3.05) is 13.1 Å². The van der Waals surface area contributed by atoms with E-state index in [4.69, 9.17) is 0 Å². The van der Waals surface area contributed by atoms with Gasteiger partial charge in [0.25, 0.3) is 0 Å². The van der Waals surface area contributed by atoms with Gasteiger partial charge in [0.15, 0.2) is 0 Å². The van der Waals surface area contributed by atoms with Crippen LogP contribution in [0.5, 0.6) is 0 Å². The van der Waals surface area contributed by atoms with E-state index in [1.807, 2.05) is 18.5 Å². The zero-order chi connectivity index (χ0) is 13.3. The van der Waals surface area contributed by atoms with Gasteiger partial charge in [-0.25, -0.2) is 0 Å². The van der Waals surface area contributed by atoms with Crippen molar-refractivity contribution in [2.45, 2.75) is 57.2 Å². The van der Waals surface area contributed by atoms with Gasteiger partial charge in [-0.2, -0.15) is 0 Å². The third kappa shape index (κ3) is 2.67. The molecule has 0 bridgehead atoms. The molecule has 104 valence electrons. The van der Waals surface area contributed by atoms with Crippen LogP contribution in [-0.4, -0.2) is 34.1 Å². The van der Waals surface area contributed by atoms with Gasteiger partial charge in [-0.3, -0.25) is 9.88 Å². The highest BCUT2D eigenvalue weighted by Crippen LogP contribution is 2.39. The number of piperazine rings is 1. The highest BCUT2D eigenvalue weighted by atomic mass is 15.3. The first kappa shape index (κ1) is 13.1. The van der Waals surface area contributed by atoms with Crippen LogP contribution in [0, 0.1) is 0 Å². The molecule has 1 aliphatic heterocycles. The summed E-state index contributed by atoms with van der Waals surface area (Å²) in [5.41, 5.74) is 1.95. The molecule has 1 aromatic rings. The van der Waals surface area contributed by atoms with E-state index >= 15 is 0 Å².